The molecule has 0 aliphatic heterocycles. The molecule has 0 N–H and O–H groups in total. The van der Waals surface area contributed by atoms with Crippen LogP contribution >= 0.6 is 11.6 Å². The van der Waals surface area contributed by atoms with Crippen molar-refractivity contribution in [3.8, 4) is 6.07 Å². The molecule has 0 radical (unpaired) electrons. The van der Waals surface area contributed by atoms with Gasteiger partial charge in [-0.2, -0.15) is 5.26 Å². The standard InChI is InChI=1S/C8H8ClN/c1-6-2-7(5-10)4-8(9)3-6/h3-4,7H,2H2,1H3. The van der Waals surface area contributed by atoms with Crippen LogP contribution in [0.1, 0.15) is 13.3 Å². The minimum Gasteiger partial charge on any atom is -0.198 e. The molecule has 1 aliphatic carbocycles. The lowest BCUT2D eigenvalue weighted by Gasteiger charge is -2.09. The average Bonchev–Trinajstić information content (AvgIpc) is 1.85. The molecule has 0 spiro atoms. The molecule has 1 nitrogen and oxygen atoms in total. The number of nitrogens with zero attached hydrogens (tertiary/aromatic N) is 1. The number of rotatable bonds is 0. The Hall–Kier alpha value is -0.740. The highest BCUT2D eigenvalue weighted by Crippen LogP contribution is 2.23. The van der Waals surface area contributed by atoms with Crippen molar-refractivity contribution >= 4 is 11.6 Å². The molecule has 0 saturated carbocycles. The van der Waals surface area contributed by atoms with Crippen LogP contribution in [0.4, 0.5) is 0 Å². The Kier molecular flexibility index (Phi) is 2.13. The van der Waals surface area contributed by atoms with Crippen LogP contribution in [0, 0.1) is 17.2 Å². The van der Waals surface area contributed by atoms with E-state index in [0.717, 1.165) is 6.42 Å². The lowest BCUT2D eigenvalue weighted by Crippen LogP contribution is -1.98. The summed E-state index contributed by atoms with van der Waals surface area (Å²) in [7, 11) is 0. The van der Waals surface area contributed by atoms with Gasteiger partial charge in [0.15, 0.2) is 0 Å². The Morgan fingerprint density at radius 1 is 1.80 bits per heavy atom. The van der Waals surface area contributed by atoms with Crippen molar-refractivity contribution in [1.29, 1.82) is 5.26 Å². The molecule has 1 unspecified atom stereocenters. The Morgan fingerprint density at radius 2 is 2.50 bits per heavy atom. The summed E-state index contributed by atoms with van der Waals surface area (Å²) < 4.78 is 0. The van der Waals surface area contributed by atoms with E-state index < -0.39 is 0 Å². The van der Waals surface area contributed by atoms with E-state index in [2.05, 4.69) is 6.07 Å². The monoisotopic (exact) mass is 153 g/mol. The molecule has 10 heavy (non-hydrogen) atoms. The second-order valence-electron chi connectivity index (χ2n) is 2.48. The summed E-state index contributed by atoms with van der Waals surface area (Å²) in [4.78, 5) is 0. The molecule has 52 valence electrons. The van der Waals surface area contributed by atoms with Crippen LogP contribution in [0.3, 0.4) is 0 Å². The molecule has 1 aliphatic rings. The van der Waals surface area contributed by atoms with Gasteiger partial charge in [-0.3, -0.25) is 0 Å². The minimum absolute atomic E-state index is 0.0162. The highest BCUT2D eigenvalue weighted by Gasteiger charge is 2.09. The van der Waals surface area contributed by atoms with E-state index in [-0.39, 0.29) is 5.92 Å². The van der Waals surface area contributed by atoms with Crippen molar-refractivity contribution in [2.24, 2.45) is 5.92 Å². The summed E-state index contributed by atoms with van der Waals surface area (Å²) in [6, 6.07) is 2.16. The molecule has 0 bridgehead atoms. The quantitative estimate of drug-likeness (QED) is 0.525. The molecule has 0 fully saturated rings. The van der Waals surface area contributed by atoms with Crippen LogP contribution in [0.2, 0.25) is 0 Å². The molecule has 2 heteroatoms. The van der Waals surface area contributed by atoms with Gasteiger partial charge in [0.05, 0.1) is 12.0 Å². The first-order valence-corrected chi connectivity index (χ1v) is 3.54. The molecule has 0 amide bonds. The molecule has 0 aromatic heterocycles. The summed E-state index contributed by atoms with van der Waals surface area (Å²) in [5.41, 5.74) is 1.18. The van der Waals surface area contributed by atoms with Crippen LogP contribution in [0.15, 0.2) is 22.8 Å². The minimum atomic E-state index is -0.0162. The highest BCUT2D eigenvalue weighted by atomic mass is 35.5. The Bertz CT molecular complexity index is 232. The topological polar surface area (TPSA) is 23.8 Å². The normalized spacial score (nSPS) is 24.7. The number of allylic oxidation sites excluding steroid dienone is 4. The predicted octanol–water partition coefficient (Wildman–Crippen LogP) is 2.60. The molecular formula is C8H8ClN. The van der Waals surface area contributed by atoms with Gasteiger partial charge in [0.25, 0.3) is 0 Å². The average molecular weight is 154 g/mol. The molecule has 1 rings (SSSR count). The fraction of sp³-hybridized carbons (Fsp3) is 0.375. The molecule has 1 atom stereocenters. The predicted molar refractivity (Wildman–Crippen MR) is 41.4 cm³/mol. The third kappa shape index (κ3) is 1.62. The van der Waals surface area contributed by atoms with Gasteiger partial charge in [0.1, 0.15) is 0 Å². The first kappa shape index (κ1) is 7.37. The third-order valence-corrected chi connectivity index (χ3v) is 1.69. The molecule has 0 aromatic rings. The van der Waals surface area contributed by atoms with E-state index in [4.69, 9.17) is 16.9 Å². The second kappa shape index (κ2) is 2.90. The highest BCUT2D eigenvalue weighted by molar-refractivity contribution is 6.31. The molecule has 0 aromatic carbocycles. The number of hydrogen-bond acceptors (Lipinski definition) is 1. The lowest BCUT2D eigenvalue weighted by atomic mass is 9.97. The largest absolute Gasteiger partial charge is 0.198 e. The van der Waals surface area contributed by atoms with Crippen molar-refractivity contribution in [2.75, 3.05) is 0 Å². The zero-order valence-electron chi connectivity index (χ0n) is 5.76. The smallest absolute Gasteiger partial charge is 0.0701 e. The Morgan fingerprint density at radius 3 is 3.00 bits per heavy atom. The molecular weight excluding hydrogens is 146 g/mol. The van der Waals surface area contributed by atoms with E-state index in [9.17, 15) is 0 Å². The van der Waals surface area contributed by atoms with E-state index in [1.54, 1.807) is 6.08 Å². The lowest BCUT2D eigenvalue weighted by molar-refractivity contribution is 0.794. The zero-order valence-corrected chi connectivity index (χ0v) is 6.52. The fourth-order valence-electron chi connectivity index (χ4n) is 1.02. The van der Waals surface area contributed by atoms with Gasteiger partial charge >= 0.3 is 0 Å². The summed E-state index contributed by atoms with van der Waals surface area (Å²) in [6.45, 7) is 1.99. The zero-order chi connectivity index (χ0) is 7.56. The van der Waals surface area contributed by atoms with Crippen LogP contribution in [-0.2, 0) is 0 Å². The third-order valence-electron chi connectivity index (χ3n) is 1.45. The maximum atomic E-state index is 8.55. The van der Waals surface area contributed by atoms with E-state index in [1.807, 2.05) is 13.0 Å². The van der Waals surface area contributed by atoms with Gasteiger partial charge in [-0.05, 0) is 25.5 Å². The van der Waals surface area contributed by atoms with Gasteiger partial charge in [-0.15, -0.1) is 0 Å². The Balaban J connectivity index is 2.79. The summed E-state index contributed by atoms with van der Waals surface area (Å²) in [5.74, 6) is -0.0162. The van der Waals surface area contributed by atoms with Crippen molar-refractivity contribution in [3.63, 3.8) is 0 Å². The fourth-order valence-corrected chi connectivity index (χ4v) is 1.36. The van der Waals surface area contributed by atoms with E-state index in [1.165, 1.54) is 5.57 Å². The van der Waals surface area contributed by atoms with Gasteiger partial charge < -0.3 is 0 Å². The van der Waals surface area contributed by atoms with Gasteiger partial charge in [-0.25, -0.2) is 0 Å². The number of nitriles is 1. The van der Waals surface area contributed by atoms with Crippen molar-refractivity contribution < 1.29 is 0 Å². The van der Waals surface area contributed by atoms with Gasteiger partial charge in [0, 0.05) is 5.03 Å². The van der Waals surface area contributed by atoms with Crippen LogP contribution in [0.25, 0.3) is 0 Å². The van der Waals surface area contributed by atoms with Crippen molar-refractivity contribution in [3.05, 3.63) is 22.8 Å². The molecule has 0 saturated heterocycles. The summed E-state index contributed by atoms with van der Waals surface area (Å²) in [5, 5.41) is 9.24. The van der Waals surface area contributed by atoms with Gasteiger partial charge in [-0.1, -0.05) is 17.2 Å². The number of halogens is 1. The van der Waals surface area contributed by atoms with Crippen LogP contribution in [-0.4, -0.2) is 0 Å². The first-order valence-electron chi connectivity index (χ1n) is 3.16. The molecule has 0 heterocycles. The van der Waals surface area contributed by atoms with Crippen molar-refractivity contribution in [1.82, 2.24) is 0 Å². The van der Waals surface area contributed by atoms with Crippen molar-refractivity contribution in [2.45, 2.75) is 13.3 Å². The van der Waals surface area contributed by atoms with Crippen LogP contribution in [0.5, 0.6) is 0 Å². The maximum Gasteiger partial charge on any atom is 0.0701 e. The van der Waals surface area contributed by atoms with E-state index in [0.29, 0.717) is 5.03 Å². The first-order chi connectivity index (χ1) is 4.72. The van der Waals surface area contributed by atoms with E-state index >= 15 is 0 Å². The summed E-state index contributed by atoms with van der Waals surface area (Å²) in [6.07, 6.45) is 4.51. The van der Waals surface area contributed by atoms with Crippen LogP contribution < -0.4 is 0 Å². The summed E-state index contributed by atoms with van der Waals surface area (Å²) >= 11 is 5.72. The number of hydrogen-bond donors (Lipinski definition) is 0. The Labute approximate surface area is 65.6 Å². The second-order valence-corrected chi connectivity index (χ2v) is 2.92. The van der Waals surface area contributed by atoms with Gasteiger partial charge in [0.2, 0.25) is 0 Å². The SMILES string of the molecule is CC1=CC(Cl)=CC(C#N)C1. The maximum absolute atomic E-state index is 8.55.